The number of nitrogen functional groups attached to an aromatic ring is 1. The number of aryl methyl sites for hydroxylation is 1. The predicted octanol–water partition coefficient (Wildman–Crippen LogP) is 1.42. The Labute approximate surface area is 104 Å². The van der Waals surface area contributed by atoms with E-state index in [1.54, 1.807) is 19.2 Å². The van der Waals surface area contributed by atoms with E-state index in [0.29, 0.717) is 0 Å². The molecule has 94 valence electrons. The summed E-state index contributed by atoms with van der Waals surface area (Å²) in [5.41, 5.74) is 6.06. The first-order valence-corrected chi connectivity index (χ1v) is 5.31. The Balaban J connectivity index is 2.39. The number of hydrogen-bond acceptors (Lipinski definition) is 3. The quantitative estimate of drug-likeness (QED) is 0.874. The van der Waals surface area contributed by atoms with Crippen LogP contribution in [-0.4, -0.2) is 22.5 Å². The number of carbonyl (C=O) groups is 1. The molecular formula is C12H13FN4O. The maximum Gasteiger partial charge on any atom is 0.278 e. The van der Waals surface area contributed by atoms with Crippen molar-refractivity contribution in [2.75, 3.05) is 17.7 Å². The SMILES string of the molecule is CN(C(=O)c1c(N)ncn1C)c1ccccc1F. The lowest BCUT2D eigenvalue weighted by Crippen LogP contribution is -2.29. The third-order valence-electron chi connectivity index (χ3n) is 2.69. The summed E-state index contributed by atoms with van der Waals surface area (Å²) in [6.45, 7) is 0. The largest absolute Gasteiger partial charge is 0.382 e. The van der Waals surface area contributed by atoms with Gasteiger partial charge in [-0.2, -0.15) is 0 Å². The summed E-state index contributed by atoms with van der Waals surface area (Å²) in [6.07, 6.45) is 1.44. The number of aromatic nitrogens is 2. The van der Waals surface area contributed by atoms with E-state index < -0.39 is 11.7 Å². The second-order valence-corrected chi connectivity index (χ2v) is 3.90. The van der Waals surface area contributed by atoms with Crippen LogP contribution in [0, 0.1) is 5.82 Å². The van der Waals surface area contributed by atoms with Crippen LogP contribution < -0.4 is 10.6 Å². The van der Waals surface area contributed by atoms with Crippen LogP contribution in [0.1, 0.15) is 10.5 Å². The number of nitrogens with two attached hydrogens (primary N) is 1. The van der Waals surface area contributed by atoms with Crippen molar-refractivity contribution in [3.05, 3.63) is 42.1 Å². The molecule has 2 N–H and O–H groups in total. The number of imidazole rings is 1. The summed E-state index contributed by atoms with van der Waals surface area (Å²) in [4.78, 5) is 17.3. The molecule has 1 amide bonds. The fourth-order valence-electron chi connectivity index (χ4n) is 1.70. The lowest BCUT2D eigenvalue weighted by Gasteiger charge is -2.18. The minimum Gasteiger partial charge on any atom is -0.382 e. The topological polar surface area (TPSA) is 64.2 Å². The predicted molar refractivity (Wildman–Crippen MR) is 66.8 cm³/mol. The third kappa shape index (κ3) is 1.92. The molecule has 1 aromatic heterocycles. The Morgan fingerprint density at radius 1 is 1.44 bits per heavy atom. The number of amides is 1. The van der Waals surface area contributed by atoms with Gasteiger partial charge in [-0.15, -0.1) is 0 Å². The van der Waals surface area contributed by atoms with Gasteiger partial charge in [0.05, 0.1) is 12.0 Å². The van der Waals surface area contributed by atoms with E-state index in [9.17, 15) is 9.18 Å². The van der Waals surface area contributed by atoms with Gasteiger partial charge in [0.15, 0.2) is 11.5 Å². The van der Waals surface area contributed by atoms with Gasteiger partial charge in [0.25, 0.3) is 5.91 Å². The molecule has 0 bridgehead atoms. The Morgan fingerprint density at radius 2 is 2.11 bits per heavy atom. The average Bonchev–Trinajstić information content (AvgIpc) is 2.68. The standard InChI is InChI=1S/C12H13FN4O/c1-16-7-15-11(14)10(16)12(18)17(2)9-6-4-3-5-8(9)13/h3-7H,14H2,1-2H3. The van der Waals surface area contributed by atoms with E-state index in [-0.39, 0.29) is 17.2 Å². The van der Waals surface area contributed by atoms with Gasteiger partial charge in [0.2, 0.25) is 0 Å². The van der Waals surface area contributed by atoms with E-state index in [2.05, 4.69) is 4.98 Å². The van der Waals surface area contributed by atoms with Gasteiger partial charge in [-0.05, 0) is 12.1 Å². The van der Waals surface area contributed by atoms with Crippen LogP contribution >= 0.6 is 0 Å². The monoisotopic (exact) mass is 248 g/mol. The summed E-state index contributed by atoms with van der Waals surface area (Å²) in [6, 6.07) is 6.05. The van der Waals surface area contributed by atoms with Crippen molar-refractivity contribution < 1.29 is 9.18 Å². The van der Waals surface area contributed by atoms with Crippen LogP contribution in [0.5, 0.6) is 0 Å². The Hall–Kier alpha value is -2.37. The summed E-state index contributed by atoms with van der Waals surface area (Å²) in [7, 11) is 3.15. The van der Waals surface area contributed by atoms with E-state index >= 15 is 0 Å². The Bertz CT molecular complexity index is 574. The fourth-order valence-corrected chi connectivity index (χ4v) is 1.70. The Morgan fingerprint density at radius 3 is 2.67 bits per heavy atom. The van der Waals surface area contributed by atoms with Gasteiger partial charge in [0.1, 0.15) is 5.82 Å². The summed E-state index contributed by atoms with van der Waals surface area (Å²) in [5, 5.41) is 0. The van der Waals surface area contributed by atoms with Gasteiger partial charge in [-0.1, -0.05) is 12.1 Å². The number of para-hydroxylation sites is 1. The van der Waals surface area contributed by atoms with Gasteiger partial charge in [-0.25, -0.2) is 9.37 Å². The molecule has 0 unspecified atom stereocenters. The van der Waals surface area contributed by atoms with Crippen LogP contribution in [0.2, 0.25) is 0 Å². The number of halogens is 1. The molecule has 0 aliphatic carbocycles. The first-order chi connectivity index (χ1) is 8.52. The van der Waals surface area contributed by atoms with Gasteiger partial charge < -0.3 is 15.2 Å². The molecule has 0 radical (unpaired) electrons. The number of hydrogen-bond donors (Lipinski definition) is 1. The smallest absolute Gasteiger partial charge is 0.278 e. The Kier molecular flexibility index (Phi) is 3.01. The van der Waals surface area contributed by atoms with E-state index in [1.807, 2.05) is 0 Å². The number of anilines is 2. The zero-order valence-corrected chi connectivity index (χ0v) is 10.1. The molecule has 1 aromatic carbocycles. The number of benzene rings is 1. The average molecular weight is 248 g/mol. The minimum absolute atomic E-state index is 0.130. The molecule has 0 saturated carbocycles. The van der Waals surface area contributed by atoms with Gasteiger partial charge >= 0.3 is 0 Å². The normalized spacial score (nSPS) is 10.4. The van der Waals surface area contributed by atoms with Crippen molar-refractivity contribution in [1.82, 2.24) is 9.55 Å². The molecule has 0 atom stereocenters. The second-order valence-electron chi connectivity index (χ2n) is 3.90. The van der Waals surface area contributed by atoms with Crippen molar-refractivity contribution in [2.24, 2.45) is 7.05 Å². The first-order valence-electron chi connectivity index (χ1n) is 5.31. The molecule has 0 aliphatic heterocycles. The summed E-state index contributed by atoms with van der Waals surface area (Å²) < 4.78 is 15.1. The number of nitrogens with zero attached hydrogens (tertiary/aromatic N) is 3. The van der Waals surface area contributed by atoms with Crippen molar-refractivity contribution in [2.45, 2.75) is 0 Å². The summed E-state index contributed by atoms with van der Waals surface area (Å²) >= 11 is 0. The van der Waals surface area contributed by atoms with Crippen molar-refractivity contribution in [1.29, 1.82) is 0 Å². The maximum atomic E-state index is 13.6. The highest BCUT2D eigenvalue weighted by Gasteiger charge is 2.21. The lowest BCUT2D eigenvalue weighted by atomic mass is 10.2. The molecule has 2 rings (SSSR count). The first kappa shape index (κ1) is 12.1. The molecule has 0 saturated heterocycles. The zero-order valence-electron chi connectivity index (χ0n) is 10.1. The van der Waals surface area contributed by atoms with Crippen molar-refractivity contribution in [3.63, 3.8) is 0 Å². The van der Waals surface area contributed by atoms with Gasteiger partial charge in [-0.3, -0.25) is 4.79 Å². The minimum atomic E-state index is -0.464. The third-order valence-corrected chi connectivity index (χ3v) is 2.69. The molecule has 2 aromatic rings. The van der Waals surface area contributed by atoms with Crippen molar-refractivity contribution in [3.8, 4) is 0 Å². The molecule has 5 nitrogen and oxygen atoms in total. The number of rotatable bonds is 2. The van der Waals surface area contributed by atoms with Crippen LogP contribution in [0.25, 0.3) is 0 Å². The van der Waals surface area contributed by atoms with E-state index in [1.165, 1.54) is 35.0 Å². The highest BCUT2D eigenvalue weighted by atomic mass is 19.1. The fraction of sp³-hybridized carbons (Fsp3) is 0.167. The highest BCUT2D eigenvalue weighted by Crippen LogP contribution is 2.20. The number of carbonyl (C=O) groups excluding carboxylic acids is 1. The van der Waals surface area contributed by atoms with Crippen LogP contribution in [0.3, 0.4) is 0 Å². The van der Waals surface area contributed by atoms with E-state index in [0.717, 1.165) is 0 Å². The van der Waals surface area contributed by atoms with E-state index in [4.69, 9.17) is 5.73 Å². The molecule has 6 heteroatoms. The summed E-state index contributed by atoms with van der Waals surface area (Å²) in [5.74, 6) is -0.739. The molecule has 0 fully saturated rings. The maximum absolute atomic E-state index is 13.6. The van der Waals surface area contributed by atoms with Crippen LogP contribution in [0.4, 0.5) is 15.9 Å². The molecule has 0 aliphatic rings. The zero-order chi connectivity index (χ0) is 13.3. The van der Waals surface area contributed by atoms with Gasteiger partial charge in [0, 0.05) is 14.1 Å². The van der Waals surface area contributed by atoms with Crippen LogP contribution in [-0.2, 0) is 7.05 Å². The molecule has 1 heterocycles. The lowest BCUT2D eigenvalue weighted by molar-refractivity contribution is 0.0985. The molecular weight excluding hydrogens is 235 g/mol. The highest BCUT2D eigenvalue weighted by molar-refractivity contribution is 6.07. The second kappa shape index (κ2) is 4.48. The van der Waals surface area contributed by atoms with Crippen LogP contribution in [0.15, 0.2) is 30.6 Å². The molecule has 0 spiro atoms. The molecule has 18 heavy (non-hydrogen) atoms. The van der Waals surface area contributed by atoms with Crippen molar-refractivity contribution >= 4 is 17.4 Å².